The van der Waals surface area contributed by atoms with Crippen LogP contribution in [0.25, 0.3) is 0 Å². The number of rotatable bonds is 7. The number of nitrogens with one attached hydrogen (secondary N) is 1. The summed E-state index contributed by atoms with van der Waals surface area (Å²) in [5, 5.41) is 6.79. The molecule has 0 bridgehead atoms. The van der Waals surface area contributed by atoms with E-state index in [2.05, 4.69) is 46.9 Å². The van der Waals surface area contributed by atoms with Gasteiger partial charge in [-0.3, -0.25) is 0 Å². The van der Waals surface area contributed by atoms with E-state index in [1.54, 1.807) is 18.4 Å². The van der Waals surface area contributed by atoms with Crippen molar-refractivity contribution in [2.75, 3.05) is 13.7 Å². The van der Waals surface area contributed by atoms with E-state index >= 15 is 0 Å². The maximum absolute atomic E-state index is 5.74. The van der Waals surface area contributed by atoms with Gasteiger partial charge in [-0.05, 0) is 19.0 Å². The highest BCUT2D eigenvalue weighted by molar-refractivity contribution is 7.09. The maximum Gasteiger partial charge on any atom is 0.0978 e. The molecule has 1 N–H and O–H groups in total. The monoisotopic (exact) mass is 290 g/mol. The Bertz CT molecular complexity index is 512. The van der Waals surface area contributed by atoms with Crippen LogP contribution in [0.3, 0.4) is 0 Å². The summed E-state index contributed by atoms with van der Waals surface area (Å²) in [6, 6.07) is 10.6. The van der Waals surface area contributed by atoms with E-state index in [1.807, 2.05) is 13.0 Å². The van der Waals surface area contributed by atoms with Gasteiger partial charge in [-0.25, -0.2) is 4.98 Å². The average molecular weight is 290 g/mol. The van der Waals surface area contributed by atoms with Crippen LogP contribution in [0.5, 0.6) is 0 Å². The molecule has 0 radical (unpaired) electrons. The van der Waals surface area contributed by atoms with Gasteiger partial charge in [0.05, 0.1) is 11.1 Å². The van der Waals surface area contributed by atoms with Crippen molar-refractivity contribution >= 4 is 11.3 Å². The highest BCUT2D eigenvalue weighted by atomic mass is 32.1. The molecular weight excluding hydrogens is 268 g/mol. The number of benzene rings is 1. The predicted molar refractivity (Wildman–Crippen MR) is 84.2 cm³/mol. The molecule has 1 aromatic heterocycles. The number of hydrogen-bond acceptors (Lipinski definition) is 4. The molecule has 0 aliphatic rings. The Morgan fingerprint density at radius 1 is 1.30 bits per heavy atom. The van der Waals surface area contributed by atoms with Gasteiger partial charge in [-0.15, -0.1) is 11.3 Å². The van der Waals surface area contributed by atoms with Crippen LogP contribution in [0.4, 0.5) is 0 Å². The summed E-state index contributed by atoms with van der Waals surface area (Å²) in [5.74, 6) is 0. The maximum atomic E-state index is 5.74. The largest absolute Gasteiger partial charge is 0.375 e. The normalized spacial score (nSPS) is 14.2. The lowest BCUT2D eigenvalue weighted by Crippen LogP contribution is -2.37. The van der Waals surface area contributed by atoms with E-state index in [1.165, 1.54) is 5.56 Å². The third-order valence-corrected chi connectivity index (χ3v) is 4.26. The number of methoxy groups -OCH3 is 1. The molecule has 0 aliphatic heterocycles. The first kappa shape index (κ1) is 15.2. The van der Waals surface area contributed by atoms with Crippen LogP contribution in [0.15, 0.2) is 35.7 Å². The Morgan fingerprint density at radius 3 is 2.60 bits per heavy atom. The lowest BCUT2D eigenvalue weighted by atomic mass is 9.99. The zero-order valence-electron chi connectivity index (χ0n) is 12.3. The van der Waals surface area contributed by atoms with E-state index in [-0.39, 0.29) is 12.1 Å². The fourth-order valence-electron chi connectivity index (χ4n) is 2.41. The lowest BCUT2D eigenvalue weighted by Gasteiger charge is -2.26. The van der Waals surface area contributed by atoms with Crippen LogP contribution in [0.2, 0.25) is 0 Å². The van der Waals surface area contributed by atoms with E-state index in [0.29, 0.717) is 0 Å². The Labute approximate surface area is 125 Å². The van der Waals surface area contributed by atoms with Gasteiger partial charge in [0.25, 0.3) is 0 Å². The molecule has 3 nitrogen and oxygen atoms in total. The molecule has 0 spiro atoms. The zero-order chi connectivity index (χ0) is 14.4. The SMILES string of the molecule is CCNC(Cc1nc(C)cs1)C(OC)c1ccccc1. The number of likely N-dealkylation sites (N-methyl/N-ethyl adjacent to an activating group) is 1. The zero-order valence-corrected chi connectivity index (χ0v) is 13.1. The minimum atomic E-state index is 0.0420. The van der Waals surface area contributed by atoms with Crippen LogP contribution < -0.4 is 5.32 Å². The van der Waals surface area contributed by atoms with Crippen molar-refractivity contribution < 1.29 is 4.74 Å². The van der Waals surface area contributed by atoms with Crippen molar-refractivity contribution in [3.63, 3.8) is 0 Å². The van der Waals surface area contributed by atoms with Gasteiger partial charge in [0.15, 0.2) is 0 Å². The summed E-state index contributed by atoms with van der Waals surface area (Å²) in [4.78, 5) is 4.57. The van der Waals surface area contributed by atoms with Crippen LogP contribution in [0.1, 0.15) is 29.3 Å². The van der Waals surface area contributed by atoms with Gasteiger partial charge in [-0.1, -0.05) is 37.3 Å². The van der Waals surface area contributed by atoms with Crippen molar-refractivity contribution in [2.45, 2.75) is 32.4 Å². The number of aromatic nitrogens is 1. The molecule has 4 heteroatoms. The smallest absolute Gasteiger partial charge is 0.0978 e. The van der Waals surface area contributed by atoms with Gasteiger partial charge in [0, 0.05) is 30.6 Å². The molecule has 108 valence electrons. The summed E-state index contributed by atoms with van der Waals surface area (Å²) >= 11 is 1.72. The molecule has 0 saturated heterocycles. The fraction of sp³-hybridized carbons (Fsp3) is 0.438. The first-order chi connectivity index (χ1) is 9.74. The first-order valence-corrected chi connectivity index (χ1v) is 7.84. The van der Waals surface area contributed by atoms with Gasteiger partial charge in [0.2, 0.25) is 0 Å². The van der Waals surface area contributed by atoms with Gasteiger partial charge < -0.3 is 10.1 Å². The Hall–Kier alpha value is -1.23. The van der Waals surface area contributed by atoms with Gasteiger partial charge in [0.1, 0.15) is 0 Å². The van der Waals surface area contributed by atoms with E-state index < -0.39 is 0 Å². The third-order valence-electron chi connectivity index (χ3n) is 3.27. The van der Waals surface area contributed by atoms with E-state index in [4.69, 9.17) is 4.74 Å². The van der Waals surface area contributed by atoms with Crippen LogP contribution in [-0.2, 0) is 11.2 Å². The Balaban J connectivity index is 2.17. The molecule has 2 unspecified atom stereocenters. The predicted octanol–water partition coefficient (Wildman–Crippen LogP) is 3.36. The topological polar surface area (TPSA) is 34.2 Å². The quantitative estimate of drug-likeness (QED) is 0.849. The number of aryl methyl sites for hydroxylation is 1. The molecule has 0 fully saturated rings. The fourth-order valence-corrected chi connectivity index (χ4v) is 3.24. The second-order valence-corrected chi connectivity index (χ2v) is 5.76. The minimum Gasteiger partial charge on any atom is -0.375 e. The van der Waals surface area contributed by atoms with Crippen molar-refractivity contribution in [3.05, 3.63) is 52.0 Å². The molecule has 0 amide bonds. The van der Waals surface area contributed by atoms with Crippen molar-refractivity contribution in [2.24, 2.45) is 0 Å². The molecule has 2 atom stereocenters. The summed E-state index contributed by atoms with van der Waals surface area (Å²) in [7, 11) is 1.77. The van der Waals surface area contributed by atoms with Crippen LogP contribution in [0, 0.1) is 6.92 Å². The average Bonchev–Trinajstić information content (AvgIpc) is 2.86. The van der Waals surface area contributed by atoms with Crippen LogP contribution in [-0.4, -0.2) is 24.7 Å². The number of thiazole rings is 1. The summed E-state index contributed by atoms with van der Waals surface area (Å²) in [6.45, 7) is 5.08. The number of hydrogen-bond donors (Lipinski definition) is 1. The van der Waals surface area contributed by atoms with Gasteiger partial charge >= 0.3 is 0 Å². The molecular formula is C16H22N2OS. The van der Waals surface area contributed by atoms with E-state index in [0.717, 1.165) is 23.7 Å². The van der Waals surface area contributed by atoms with Gasteiger partial charge in [-0.2, -0.15) is 0 Å². The number of nitrogens with zero attached hydrogens (tertiary/aromatic N) is 1. The van der Waals surface area contributed by atoms with Crippen molar-refractivity contribution in [3.8, 4) is 0 Å². The third kappa shape index (κ3) is 3.88. The molecule has 1 heterocycles. The molecule has 2 aromatic rings. The first-order valence-electron chi connectivity index (χ1n) is 6.96. The Kier molecular flexibility index (Phi) is 5.71. The molecule has 0 saturated carbocycles. The highest BCUT2D eigenvalue weighted by Gasteiger charge is 2.23. The van der Waals surface area contributed by atoms with Crippen LogP contribution >= 0.6 is 11.3 Å². The molecule has 20 heavy (non-hydrogen) atoms. The summed E-state index contributed by atoms with van der Waals surface area (Å²) < 4.78 is 5.74. The van der Waals surface area contributed by atoms with E-state index in [9.17, 15) is 0 Å². The summed E-state index contributed by atoms with van der Waals surface area (Å²) in [6.07, 6.45) is 0.931. The second kappa shape index (κ2) is 7.53. The minimum absolute atomic E-state index is 0.0420. The molecule has 2 rings (SSSR count). The van der Waals surface area contributed by atoms with Crippen molar-refractivity contribution in [1.29, 1.82) is 0 Å². The lowest BCUT2D eigenvalue weighted by molar-refractivity contribution is 0.0683. The number of ether oxygens (including phenoxy) is 1. The standard InChI is InChI=1S/C16H22N2OS/c1-4-17-14(10-15-18-12(2)11-20-15)16(19-3)13-8-6-5-7-9-13/h5-9,11,14,16-17H,4,10H2,1-3H3. The molecule has 0 aliphatic carbocycles. The Morgan fingerprint density at radius 2 is 2.05 bits per heavy atom. The summed E-state index contributed by atoms with van der Waals surface area (Å²) in [5.41, 5.74) is 2.29. The molecule has 1 aromatic carbocycles. The second-order valence-electron chi connectivity index (χ2n) is 4.82. The van der Waals surface area contributed by atoms with Crippen molar-refractivity contribution in [1.82, 2.24) is 10.3 Å². The highest BCUT2D eigenvalue weighted by Crippen LogP contribution is 2.24.